The number of carbonyl (C=O) groups is 1. The van der Waals surface area contributed by atoms with Crippen LogP contribution < -0.4 is 5.73 Å². The van der Waals surface area contributed by atoms with E-state index in [1.165, 1.54) is 0 Å². The zero-order valence-corrected chi connectivity index (χ0v) is 6.73. The van der Waals surface area contributed by atoms with E-state index < -0.39 is 0 Å². The summed E-state index contributed by atoms with van der Waals surface area (Å²) in [6, 6.07) is 7.39. The van der Waals surface area contributed by atoms with E-state index in [0.717, 1.165) is 11.8 Å². The van der Waals surface area contributed by atoms with Gasteiger partial charge in [0.2, 0.25) is 0 Å². The Balaban J connectivity index is 2.96. The van der Waals surface area contributed by atoms with Crippen molar-refractivity contribution >= 4 is 12.4 Å². The van der Waals surface area contributed by atoms with Crippen molar-refractivity contribution in [3.8, 4) is 0 Å². The van der Waals surface area contributed by atoms with Crippen LogP contribution in [-0.4, -0.2) is 12.8 Å². The predicted molar refractivity (Wildman–Crippen MR) is 49.9 cm³/mol. The molecule has 0 amide bonds. The van der Waals surface area contributed by atoms with Gasteiger partial charge in [-0.05, 0) is 5.56 Å². The number of rotatable bonds is 3. The molecule has 0 aliphatic rings. The van der Waals surface area contributed by atoms with Crippen molar-refractivity contribution in [2.45, 2.75) is 0 Å². The Bertz CT molecular complexity index is 292. The highest BCUT2D eigenvalue weighted by Gasteiger charge is 1.93. The second-order valence-corrected chi connectivity index (χ2v) is 2.38. The second kappa shape index (κ2) is 4.46. The van der Waals surface area contributed by atoms with Gasteiger partial charge in [-0.3, -0.25) is 4.79 Å². The summed E-state index contributed by atoms with van der Waals surface area (Å²) in [7, 11) is 0. The molecule has 2 nitrogen and oxygen atoms in total. The largest absolute Gasteiger partial charge is 0.327 e. The van der Waals surface area contributed by atoms with Crippen LogP contribution in [0.3, 0.4) is 0 Å². The average Bonchev–Trinajstić information content (AvgIpc) is 2.15. The monoisotopic (exact) mass is 161 g/mol. The van der Waals surface area contributed by atoms with Crippen molar-refractivity contribution in [2.75, 3.05) is 6.54 Å². The Labute approximate surface area is 71.7 Å². The van der Waals surface area contributed by atoms with Crippen LogP contribution in [0.2, 0.25) is 0 Å². The molecule has 0 aliphatic carbocycles. The molecule has 0 spiro atoms. The van der Waals surface area contributed by atoms with E-state index in [1.54, 1.807) is 6.07 Å². The molecule has 0 unspecified atom stereocenters. The van der Waals surface area contributed by atoms with Crippen LogP contribution in [0.1, 0.15) is 15.9 Å². The zero-order chi connectivity index (χ0) is 8.81. The van der Waals surface area contributed by atoms with Crippen LogP contribution in [-0.2, 0) is 0 Å². The highest BCUT2D eigenvalue weighted by atomic mass is 16.1. The molecule has 62 valence electrons. The lowest BCUT2D eigenvalue weighted by molar-refractivity contribution is 0.112. The molecule has 0 radical (unpaired) electrons. The van der Waals surface area contributed by atoms with Gasteiger partial charge < -0.3 is 5.73 Å². The summed E-state index contributed by atoms with van der Waals surface area (Å²) in [5.74, 6) is 0. The summed E-state index contributed by atoms with van der Waals surface area (Å²) >= 11 is 0. The lowest BCUT2D eigenvalue weighted by Crippen LogP contribution is -1.92. The maximum Gasteiger partial charge on any atom is 0.150 e. The van der Waals surface area contributed by atoms with E-state index in [2.05, 4.69) is 0 Å². The van der Waals surface area contributed by atoms with Crippen LogP contribution in [0.25, 0.3) is 6.08 Å². The average molecular weight is 161 g/mol. The summed E-state index contributed by atoms with van der Waals surface area (Å²) in [5, 5.41) is 0. The molecule has 12 heavy (non-hydrogen) atoms. The molecule has 0 heterocycles. The van der Waals surface area contributed by atoms with E-state index in [9.17, 15) is 4.79 Å². The lowest BCUT2D eigenvalue weighted by atomic mass is 10.1. The van der Waals surface area contributed by atoms with Gasteiger partial charge in [0.15, 0.2) is 6.29 Å². The first kappa shape index (κ1) is 8.68. The van der Waals surface area contributed by atoms with Crippen LogP contribution in [0.15, 0.2) is 30.3 Å². The SMILES string of the molecule is NCC=Cc1ccccc1C=O. The lowest BCUT2D eigenvalue weighted by Gasteiger charge is -1.95. The smallest absolute Gasteiger partial charge is 0.150 e. The van der Waals surface area contributed by atoms with Crippen LogP contribution in [0.4, 0.5) is 0 Å². The van der Waals surface area contributed by atoms with Gasteiger partial charge in [-0.25, -0.2) is 0 Å². The van der Waals surface area contributed by atoms with Gasteiger partial charge >= 0.3 is 0 Å². The molecule has 0 saturated carbocycles. The van der Waals surface area contributed by atoms with E-state index in [1.807, 2.05) is 30.4 Å². The van der Waals surface area contributed by atoms with E-state index in [4.69, 9.17) is 5.73 Å². The normalized spacial score (nSPS) is 10.4. The van der Waals surface area contributed by atoms with Crippen LogP contribution >= 0.6 is 0 Å². The molecule has 2 N–H and O–H groups in total. The molecule has 1 rings (SSSR count). The number of nitrogens with two attached hydrogens (primary N) is 1. The zero-order valence-electron chi connectivity index (χ0n) is 6.73. The summed E-state index contributed by atoms with van der Waals surface area (Å²) < 4.78 is 0. The van der Waals surface area contributed by atoms with E-state index in [0.29, 0.717) is 12.1 Å². The molecule has 1 aromatic rings. The number of hydrogen-bond donors (Lipinski definition) is 1. The van der Waals surface area contributed by atoms with Gasteiger partial charge in [-0.1, -0.05) is 36.4 Å². The molecule has 0 bridgehead atoms. The first-order valence-electron chi connectivity index (χ1n) is 3.79. The fourth-order valence-electron chi connectivity index (χ4n) is 0.965. The first-order valence-corrected chi connectivity index (χ1v) is 3.79. The Morgan fingerprint density at radius 2 is 1.92 bits per heavy atom. The minimum Gasteiger partial charge on any atom is -0.327 e. The first-order chi connectivity index (χ1) is 5.88. The Morgan fingerprint density at radius 1 is 1.25 bits per heavy atom. The second-order valence-electron chi connectivity index (χ2n) is 2.38. The van der Waals surface area contributed by atoms with Crippen molar-refractivity contribution in [1.29, 1.82) is 0 Å². The minimum absolute atomic E-state index is 0.493. The van der Waals surface area contributed by atoms with Crippen molar-refractivity contribution < 1.29 is 4.79 Å². The Kier molecular flexibility index (Phi) is 3.23. The topological polar surface area (TPSA) is 43.1 Å². The minimum atomic E-state index is 0.493. The van der Waals surface area contributed by atoms with Gasteiger partial charge in [0.1, 0.15) is 0 Å². The Hall–Kier alpha value is -1.41. The number of carbonyl (C=O) groups excluding carboxylic acids is 1. The van der Waals surface area contributed by atoms with Crippen molar-refractivity contribution in [3.05, 3.63) is 41.5 Å². The van der Waals surface area contributed by atoms with Gasteiger partial charge in [0.05, 0.1) is 0 Å². The van der Waals surface area contributed by atoms with Crippen molar-refractivity contribution in [3.63, 3.8) is 0 Å². The number of aldehydes is 1. The molecular formula is C10H11NO. The third-order valence-electron chi connectivity index (χ3n) is 1.56. The fraction of sp³-hybridized carbons (Fsp3) is 0.100. The van der Waals surface area contributed by atoms with Crippen molar-refractivity contribution in [2.24, 2.45) is 5.73 Å². The maximum atomic E-state index is 10.5. The highest BCUT2D eigenvalue weighted by molar-refractivity contribution is 5.81. The van der Waals surface area contributed by atoms with Crippen molar-refractivity contribution in [1.82, 2.24) is 0 Å². The van der Waals surface area contributed by atoms with Crippen LogP contribution in [0, 0.1) is 0 Å². The summed E-state index contributed by atoms with van der Waals surface area (Å²) in [5.41, 5.74) is 6.90. The highest BCUT2D eigenvalue weighted by Crippen LogP contribution is 2.07. The molecule has 0 aromatic heterocycles. The maximum absolute atomic E-state index is 10.5. The van der Waals surface area contributed by atoms with Gasteiger partial charge in [0.25, 0.3) is 0 Å². The summed E-state index contributed by atoms with van der Waals surface area (Å²) in [4.78, 5) is 10.5. The van der Waals surface area contributed by atoms with E-state index in [-0.39, 0.29) is 0 Å². The fourth-order valence-corrected chi connectivity index (χ4v) is 0.965. The molecule has 0 saturated heterocycles. The summed E-state index contributed by atoms with van der Waals surface area (Å²) in [6.45, 7) is 0.493. The molecule has 2 heteroatoms. The molecule has 0 fully saturated rings. The molecule has 0 aliphatic heterocycles. The predicted octanol–water partition coefficient (Wildman–Crippen LogP) is 1.47. The quantitative estimate of drug-likeness (QED) is 0.682. The Morgan fingerprint density at radius 3 is 2.50 bits per heavy atom. The third kappa shape index (κ3) is 2.04. The standard InChI is InChI=1S/C10H11NO/c11-7-3-6-9-4-1-2-5-10(9)8-12/h1-6,8H,7,11H2. The third-order valence-corrected chi connectivity index (χ3v) is 1.56. The molecule has 1 aromatic carbocycles. The number of benzene rings is 1. The van der Waals surface area contributed by atoms with Crippen LogP contribution in [0.5, 0.6) is 0 Å². The van der Waals surface area contributed by atoms with Gasteiger partial charge in [0, 0.05) is 12.1 Å². The van der Waals surface area contributed by atoms with Gasteiger partial charge in [-0.15, -0.1) is 0 Å². The molecule has 0 atom stereocenters. The number of hydrogen-bond acceptors (Lipinski definition) is 2. The summed E-state index contributed by atoms with van der Waals surface area (Å²) in [6.07, 6.45) is 4.52. The van der Waals surface area contributed by atoms with Gasteiger partial charge in [-0.2, -0.15) is 0 Å². The van der Waals surface area contributed by atoms with E-state index >= 15 is 0 Å². The molecular weight excluding hydrogens is 150 g/mol.